The highest BCUT2D eigenvalue weighted by atomic mass is 16.6. The summed E-state index contributed by atoms with van der Waals surface area (Å²) < 4.78 is 17.0. The van der Waals surface area contributed by atoms with E-state index >= 15 is 0 Å². The molecule has 2 aliphatic rings. The highest BCUT2D eigenvalue weighted by Crippen LogP contribution is 2.50. The molecule has 170 valence electrons. The number of esters is 2. The SMILES string of the molecule is C=C(C(CC=C(C)C)OC(=O)C(C)=CC)C1CC2OC2(C)C(=O)C1OC(=O)C(C)=CC. The molecule has 0 radical (unpaired) electrons. The van der Waals surface area contributed by atoms with E-state index in [4.69, 9.17) is 14.2 Å². The average molecular weight is 431 g/mol. The van der Waals surface area contributed by atoms with Gasteiger partial charge >= 0.3 is 11.9 Å². The summed E-state index contributed by atoms with van der Waals surface area (Å²) in [6.07, 6.45) is 4.23. The summed E-state index contributed by atoms with van der Waals surface area (Å²) in [5.41, 5.74) is 1.59. The summed E-state index contributed by atoms with van der Waals surface area (Å²) in [7, 11) is 0. The van der Waals surface area contributed by atoms with Gasteiger partial charge < -0.3 is 14.2 Å². The number of ketones is 1. The number of ether oxygens (including phenoxy) is 3. The van der Waals surface area contributed by atoms with Crippen LogP contribution in [-0.4, -0.2) is 41.6 Å². The zero-order valence-corrected chi connectivity index (χ0v) is 19.6. The molecule has 0 aromatic heterocycles. The lowest BCUT2D eigenvalue weighted by Gasteiger charge is -2.34. The van der Waals surface area contributed by atoms with Gasteiger partial charge in [-0.2, -0.15) is 0 Å². The molecular formula is C25H34O6. The van der Waals surface area contributed by atoms with Crippen LogP contribution in [0.1, 0.15) is 61.3 Å². The standard InChI is InChI=1S/C25H34O6/c1-9-15(5)23(27)29-19(12-11-14(3)4)17(7)18-13-20-25(8,31-20)22(26)21(18)30-24(28)16(6)10-2/h9-11,18-21H,7,12-13H2,1-6,8H3. The monoisotopic (exact) mass is 430 g/mol. The molecule has 5 atom stereocenters. The summed E-state index contributed by atoms with van der Waals surface area (Å²) in [6.45, 7) is 16.6. The Labute approximate surface area is 185 Å². The van der Waals surface area contributed by atoms with E-state index in [1.165, 1.54) is 0 Å². The lowest BCUT2D eigenvalue weighted by molar-refractivity contribution is -0.157. The molecule has 0 N–H and O–H groups in total. The van der Waals surface area contributed by atoms with Gasteiger partial charge in [0.2, 0.25) is 5.78 Å². The molecule has 2 fully saturated rings. The highest BCUT2D eigenvalue weighted by Gasteiger charge is 2.66. The van der Waals surface area contributed by atoms with Crippen LogP contribution in [0.5, 0.6) is 0 Å². The fourth-order valence-electron chi connectivity index (χ4n) is 3.57. The molecule has 1 aliphatic heterocycles. The number of hydrogen-bond donors (Lipinski definition) is 0. The summed E-state index contributed by atoms with van der Waals surface area (Å²) in [6, 6.07) is 0. The molecule has 0 amide bonds. The van der Waals surface area contributed by atoms with E-state index in [0.29, 0.717) is 29.6 Å². The third-order valence-corrected chi connectivity index (χ3v) is 6.15. The van der Waals surface area contributed by atoms with Gasteiger partial charge in [-0.05, 0) is 60.5 Å². The number of carbonyl (C=O) groups excluding carboxylic acids is 3. The van der Waals surface area contributed by atoms with Gasteiger partial charge in [0.15, 0.2) is 11.7 Å². The van der Waals surface area contributed by atoms with Crippen molar-refractivity contribution in [2.75, 3.05) is 0 Å². The lowest BCUT2D eigenvalue weighted by atomic mass is 9.74. The molecule has 1 heterocycles. The van der Waals surface area contributed by atoms with Crippen molar-refractivity contribution in [2.24, 2.45) is 5.92 Å². The van der Waals surface area contributed by atoms with Gasteiger partial charge in [-0.1, -0.05) is 30.4 Å². The van der Waals surface area contributed by atoms with E-state index in [2.05, 4.69) is 6.58 Å². The predicted octanol–water partition coefficient (Wildman–Crippen LogP) is 4.40. The third-order valence-electron chi connectivity index (χ3n) is 6.15. The second kappa shape index (κ2) is 9.77. The maximum atomic E-state index is 13.1. The van der Waals surface area contributed by atoms with Crippen LogP contribution in [0.4, 0.5) is 0 Å². The minimum Gasteiger partial charge on any atom is -0.454 e. The second-order valence-corrected chi connectivity index (χ2v) is 8.68. The van der Waals surface area contributed by atoms with Gasteiger partial charge in [-0.15, -0.1) is 0 Å². The van der Waals surface area contributed by atoms with E-state index in [9.17, 15) is 14.4 Å². The fraction of sp³-hybridized carbons (Fsp3) is 0.560. The van der Waals surface area contributed by atoms with E-state index < -0.39 is 35.7 Å². The van der Waals surface area contributed by atoms with Crippen LogP contribution in [0, 0.1) is 5.92 Å². The van der Waals surface area contributed by atoms with Crippen LogP contribution in [-0.2, 0) is 28.6 Å². The summed E-state index contributed by atoms with van der Waals surface area (Å²) in [4.78, 5) is 38.0. The first-order valence-electron chi connectivity index (χ1n) is 10.7. The predicted molar refractivity (Wildman–Crippen MR) is 118 cm³/mol. The number of fused-ring (bicyclic) bond motifs is 1. The molecule has 31 heavy (non-hydrogen) atoms. The van der Waals surface area contributed by atoms with Crippen molar-refractivity contribution < 1.29 is 28.6 Å². The molecule has 2 rings (SSSR count). The molecule has 1 aliphatic carbocycles. The molecule has 6 nitrogen and oxygen atoms in total. The Bertz CT molecular complexity index is 857. The van der Waals surface area contributed by atoms with Crippen LogP contribution in [0.25, 0.3) is 0 Å². The van der Waals surface area contributed by atoms with E-state index in [1.807, 2.05) is 19.9 Å². The van der Waals surface area contributed by atoms with Crippen LogP contribution in [0.2, 0.25) is 0 Å². The zero-order chi connectivity index (χ0) is 23.5. The van der Waals surface area contributed by atoms with Gasteiger partial charge in [0.25, 0.3) is 0 Å². The maximum absolute atomic E-state index is 13.1. The number of rotatable bonds is 8. The second-order valence-electron chi connectivity index (χ2n) is 8.68. The molecule has 1 saturated carbocycles. The molecule has 0 aromatic rings. The normalized spacial score (nSPS) is 28.9. The van der Waals surface area contributed by atoms with Crippen molar-refractivity contribution in [2.45, 2.75) is 85.2 Å². The number of allylic oxidation sites excluding steroid dienone is 3. The van der Waals surface area contributed by atoms with Gasteiger partial charge in [-0.25, -0.2) is 9.59 Å². The smallest absolute Gasteiger partial charge is 0.334 e. The summed E-state index contributed by atoms with van der Waals surface area (Å²) >= 11 is 0. The first-order valence-corrected chi connectivity index (χ1v) is 10.7. The Morgan fingerprint density at radius 1 is 1.16 bits per heavy atom. The summed E-state index contributed by atoms with van der Waals surface area (Å²) in [5.74, 6) is -1.77. The van der Waals surface area contributed by atoms with Crippen LogP contribution < -0.4 is 0 Å². The van der Waals surface area contributed by atoms with E-state index in [0.717, 1.165) is 5.57 Å². The van der Waals surface area contributed by atoms with E-state index in [-0.39, 0.29) is 11.9 Å². The quantitative estimate of drug-likeness (QED) is 0.246. The molecule has 0 aromatic carbocycles. The average Bonchev–Trinajstić information content (AvgIpc) is 3.42. The van der Waals surface area contributed by atoms with Gasteiger partial charge in [-0.3, -0.25) is 4.79 Å². The highest BCUT2D eigenvalue weighted by molar-refractivity contribution is 5.98. The molecule has 6 heteroatoms. The van der Waals surface area contributed by atoms with Gasteiger partial charge in [0, 0.05) is 23.5 Å². The van der Waals surface area contributed by atoms with Crippen molar-refractivity contribution in [1.29, 1.82) is 0 Å². The van der Waals surface area contributed by atoms with Gasteiger partial charge in [0.1, 0.15) is 6.10 Å². The Balaban J connectivity index is 2.34. The van der Waals surface area contributed by atoms with Crippen molar-refractivity contribution in [1.82, 2.24) is 0 Å². The molecule has 0 spiro atoms. The number of Topliss-reactive ketones (excluding diaryl/α,β-unsaturated/α-hetero) is 1. The first-order chi connectivity index (χ1) is 14.5. The Morgan fingerprint density at radius 2 is 1.74 bits per heavy atom. The minimum atomic E-state index is -1.03. The number of epoxide rings is 1. The fourth-order valence-corrected chi connectivity index (χ4v) is 3.57. The Hall–Kier alpha value is -2.47. The molecule has 0 bridgehead atoms. The minimum absolute atomic E-state index is 0.253. The maximum Gasteiger partial charge on any atom is 0.334 e. The van der Waals surface area contributed by atoms with Crippen molar-refractivity contribution in [3.63, 3.8) is 0 Å². The number of carbonyl (C=O) groups is 3. The third kappa shape index (κ3) is 5.42. The molecule has 5 unspecified atom stereocenters. The van der Waals surface area contributed by atoms with Crippen LogP contribution in [0.15, 0.2) is 47.1 Å². The van der Waals surface area contributed by atoms with Crippen LogP contribution >= 0.6 is 0 Å². The zero-order valence-electron chi connectivity index (χ0n) is 19.6. The van der Waals surface area contributed by atoms with Crippen molar-refractivity contribution >= 4 is 17.7 Å². The largest absolute Gasteiger partial charge is 0.454 e. The van der Waals surface area contributed by atoms with Crippen LogP contribution in [0.3, 0.4) is 0 Å². The van der Waals surface area contributed by atoms with E-state index in [1.54, 1.807) is 46.8 Å². The summed E-state index contributed by atoms with van der Waals surface area (Å²) in [5, 5.41) is 0. The lowest BCUT2D eigenvalue weighted by Crippen LogP contribution is -2.49. The van der Waals surface area contributed by atoms with Gasteiger partial charge in [0.05, 0.1) is 6.10 Å². The Morgan fingerprint density at radius 3 is 2.29 bits per heavy atom. The Kier molecular flexibility index (Phi) is 7.82. The molecule has 1 saturated heterocycles. The number of hydrogen-bond acceptors (Lipinski definition) is 6. The molecular weight excluding hydrogens is 396 g/mol. The van der Waals surface area contributed by atoms with Crippen molar-refractivity contribution in [3.05, 3.63) is 47.1 Å². The first kappa shape index (κ1) is 24.8. The van der Waals surface area contributed by atoms with Crippen molar-refractivity contribution in [3.8, 4) is 0 Å². The topological polar surface area (TPSA) is 82.2 Å².